The molecule has 8 heteroatoms. The van der Waals surface area contributed by atoms with E-state index in [0.29, 0.717) is 0 Å². The molecule has 1 aliphatic heterocycles. The number of benzene rings is 1. The molecule has 1 amide bonds. The van der Waals surface area contributed by atoms with Crippen LogP contribution in [0.15, 0.2) is 18.2 Å². The summed E-state index contributed by atoms with van der Waals surface area (Å²) < 4.78 is 17.9. The average molecular weight is 279 g/mol. The van der Waals surface area contributed by atoms with E-state index >= 15 is 0 Å². The van der Waals surface area contributed by atoms with Gasteiger partial charge in [-0.1, -0.05) is 0 Å². The van der Waals surface area contributed by atoms with Crippen LogP contribution < -0.4 is 5.32 Å². The summed E-state index contributed by atoms with van der Waals surface area (Å²) in [6.07, 6.45) is 0. The smallest absolute Gasteiger partial charge is 0.421 e. The van der Waals surface area contributed by atoms with Gasteiger partial charge in [0, 0.05) is 11.3 Å². The zero-order valence-electron chi connectivity index (χ0n) is 10.4. The van der Waals surface area contributed by atoms with Gasteiger partial charge in [0.1, 0.15) is 5.82 Å². The fraction of sp³-hybridized carbons (Fsp3) is 0.250. The Morgan fingerprint density at radius 1 is 1.60 bits per heavy atom. The van der Waals surface area contributed by atoms with E-state index in [-0.39, 0.29) is 17.9 Å². The molecule has 0 radical (unpaired) electrons. The Balaban J connectivity index is 2.60. The number of halogens is 1. The van der Waals surface area contributed by atoms with Crippen LogP contribution in [0, 0.1) is 5.82 Å². The van der Waals surface area contributed by atoms with Crippen molar-refractivity contribution in [2.45, 2.75) is 12.5 Å². The van der Waals surface area contributed by atoms with Gasteiger partial charge in [0.25, 0.3) is 11.5 Å². The predicted molar refractivity (Wildman–Crippen MR) is 64.2 cm³/mol. The molecule has 1 atom stereocenters. The molecule has 0 spiro atoms. The van der Waals surface area contributed by atoms with Gasteiger partial charge >= 0.3 is 11.7 Å². The molecule has 1 aromatic carbocycles. The summed E-state index contributed by atoms with van der Waals surface area (Å²) in [5.74, 6) is -2.93. The van der Waals surface area contributed by atoms with Gasteiger partial charge < -0.3 is 20.7 Å². The van der Waals surface area contributed by atoms with Crippen LogP contribution in [0.5, 0.6) is 0 Å². The topological polar surface area (TPSA) is 112 Å². The first-order chi connectivity index (χ1) is 9.44. The molecule has 2 rings (SSSR count). The molecule has 1 aromatic rings. The number of carbonyl (C=O) groups is 2. The number of anilines is 1. The molecule has 1 unspecified atom stereocenters. The lowest BCUT2D eigenvalue weighted by atomic mass is 9.90. The number of esters is 1. The lowest BCUT2D eigenvalue weighted by Crippen LogP contribution is -2.47. The minimum absolute atomic E-state index is 0.0500. The molecule has 104 valence electrons. The molecule has 0 saturated heterocycles. The Morgan fingerprint density at radius 3 is 2.90 bits per heavy atom. The summed E-state index contributed by atoms with van der Waals surface area (Å²) in [6, 6.07) is 3.17. The van der Waals surface area contributed by atoms with Crippen molar-refractivity contribution in [1.82, 2.24) is 0 Å². The van der Waals surface area contributed by atoms with Crippen LogP contribution in [0.4, 0.5) is 10.1 Å². The highest BCUT2D eigenvalue weighted by Gasteiger charge is 2.59. The molecule has 0 aromatic heterocycles. The Bertz CT molecular complexity index is 654. The van der Waals surface area contributed by atoms with Gasteiger partial charge in [0.05, 0.1) is 6.61 Å². The van der Waals surface area contributed by atoms with Gasteiger partial charge in [-0.3, -0.25) is 4.79 Å². The average Bonchev–Trinajstić information content (AvgIpc) is 2.64. The van der Waals surface area contributed by atoms with Crippen molar-refractivity contribution in [3.05, 3.63) is 35.1 Å². The van der Waals surface area contributed by atoms with Crippen molar-refractivity contribution < 1.29 is 28.6 Å². The van der Waals surface area contributed by atoms with Gasteiger partial charge in [-0.2, -0.15) is 4.79 Å². The summed E-state index contributed by atoms with van der Waals surface area (Å²) in [5.41, 5.74) is 5.28. The van der Waals surface area contributed by atoms with Crippen molar-refractivity contribution in [1.29, 1.82) is 0 Å². The molecular formula is C12H10FN3O4. The first-order valence-electron chi connectivity index (χ1n) is 5.68. The van der Waals surface area contributed by atoms with Crippen LogP contribution in [-0.2, 0) is 19.9 Å². The number of carbonyl (C=O) groups excluding carboxylic acids is 2. The standard InChI is InChI=1S/C12H10FN3O4/c1-2-20-10(17)9(16-14)12(19)7-5-6(13)3-4-8(7)15-11(12)18/h3-5,19H,2H2,1H3,(H,15,18). The zero-order valence-corrected chi connectivity index (χ0v) is 10.4. The molecule has 0 bridgehead atoms. The second-order valence-electron chi connectivity index (χ2n) is 4.02. The molecule has 1 aliphatic rings. The Morgan fingerprint density at radius 2 is 2.30 bits per heavy atom. The number of fused-ring (bicyclic) bond motifs is 1. The van der Waals surface area contributed by atoms with Gasteiger partial charge in [-0.25, -0.2) is 9.18 Å². The van der Waals surface area contributed by atoms with Gasteiger partial charge in [-0.05, 0) is 25.1 Å². The zero-order chi connectivity index (χ0) is 14.9. The Hall–Kier alpha value is -2.57. The minimum atomic E-state index is -2.60. The quantitative estimate of drug-likeness (QED) is 0.356. The van der Waals surface area contributed by atoms with E-state index in [9.17, 15) is 19.1 Å². The van der Waals surface area contributed by atoms with Crippen LogP contribution in [-0.4, -0.2) is 34.1 Å². The van der Waals surface area contributed by atoms with E-state index in [2.05, 4.69) is 14.8 Å². The third-order valence-electron chi connectivity index (χ3n) is 2.86. The molecule has 0 saturated carbocycles. The fourth-order valence-electron chi connectivity index (χ4n) is 1.96. The van der Waals surface area contributed by atoms with E-state index in [1.807, 2.05) is 0 Å². The van der Waals surface area contributed by atoms with Crippen molar-refractivity contribution in [3.8, 4) is 0 Å². The maximum atomic E-state index is 13.3. The van der Waals surface area contributed by atoms with E-state index in [4.69, 9.17) is 5.53 Å². The van der Waals surface area contributed by atoms with E-state index in [1.54, 1.807) is 0 Å². The number of nitrogens with one attached hydrogen (secondary N) is 1. The number of nitrogens with zero attached hydrogens (tertiary/aromatic N) is 2. The summed E-state index contributed by atoms with van der Waals surface area (Å²) >= 11 is 0. The lowest BCUT2D eigenvalue weighted by molar-refractivity contribution is -0.147. The van der Waals surface area contributed by atoms with Crippen molar-refractivity contribution in [2.75, 3.05) is 11.9 Å². The van der Waals surface area contributed by atoms with Crippen LogP contribution in [0.2, 0.25) is 0 Å². The summed E-state index contributed by atoms with van der Waals surface area (Å²) in [7, 11) is 0. The second-order valence-corrected chi connectivity index (χ2v) is 4.02. The van der Waals surface area contributed by atoms with Gasteiger partial charge in [-0.15, -0.1) is 0 Å². The lowest BCUT2D eigenvalue weighted by Gasteiger charge is -2.14. The van der Waals surface area contributed by atoms with Gasteiger partial charge in [0.2, 0.25) is 0 Å². The molecule has 20 heavy (non-hydrogen) atoms. The third-order valence-corrected chi connectivity index (χ3v) is 2.86. The normalized spacial score (nSPS) is 19.9. The van der Waals surface area contributed by atoms with Crippen LogP contribution in [0.25, 0.3) is 5.53 Å². The summed E-state index contributed by atoms with van der Waals surface area (Å²) in [4.78, 5) is 26.2. The highest BCUT2D eigenvalue weighted by Crippen LogP contribution is 2.37. The maximum absolute atomic E-state index is 13.3. The SMILES string of the molecule is CCOC(=O)C(=[N+]=[N-])C1(O)C(=O)Nc2ccc(F)cc21. The largest absolute Gasteiger partial charge is 0.457 e. The third kappa shape index (κ3) is 1.87. The highest BCUT2D eigenvalue weighted by atomic mass is 19.1. The fourth-order valence-corrected chi connectivity index (χ4v) is 1.96. The van der Waals surface area contributed by atoms with E-state index < -0.39 is 29.0 Å². The molecule has 1 heterocycles. The number of hydrogen-bond acceptors (Lipinski definition) is 4. The summed E-state index contributed by atoms with van der Waals surface area (Å²) in [6.45, 7) is 1.45. The van der Waals surface area contributed by atoms with E-state index in [0.717, 1.165) is 12.1 Å². The Labute approximate surface area is 112 Å². The summed E-state index contributed by atoms with van der Waals surface area (Å²) in [5, 5.41) is 12.7. The first-order valence-corrected chi connectivity index (χ1v) is 5.68. The number of ether oxygens (including phenoxy) is 1. The molecular weight excluding hydrogens is 269 g/mol. The highest BCUT2D eigenvalue weighted by molar-refractivity contribution is 6.44. The Kier molecular flexibility index (Phi) is 3.35. The maximum Gasteiger partial charge on any atom is 0.421 e. The first kappa shape index (κ1) is 13.9. The van der Waals surface area contributed by atoms with Crippen LogP contribution in [0.1, 0.15) is 12.5 Å². The number of amides is 1. The number of aliphatic hydroxyl groups is 1. The van der Waals surface area contributed by atoms with Crippen LogP contribution >= 0.6 is 0 Å². The monoisotopic (exact) mass is 279 g/mol. The van der Waals surface area contributed by atoms with Crippen molar-refractivity contribution in [3.63, 3.8) is 0 Å². The molecule has 7 nitrogen and oxygen atoms in total. The second kappa shape index (κ2) is 4.84. The molecule has 0 aliphatic carbocycles. The van der Waals surface area contributed by atoms with Crippen LogP contribution in [0.3, 0.4) is 0 Å². The predicted octanol–water partition coefficient (Wildman–Crippen LogP) is 0.199. The van der Waals surface area contributed by atoms with Crippen molar-refractivity contribution in [2.24, 2.45) is 0 Å². The number of hydrogen-bond donors (Lipinski definition) is 2. The minimum Gasteiger partial charge on any atom is -0.457 e. The number of rotatable bonds is 3. The van der Waals surface area contributed by atoms with Crippen molar-refractivity contribution >= 4 is 23.3 Å². The molecule has 0 fully saturated rings. The molecule has 2 N–H and O–H groups in total. The van der Waals surface area contributed by atoms with Gasteiger partial charge in [0.15, 0.2) is 0 Å². The van der Waals surface area contributed by atoms with E-state index in [1.165, 1.54) is 13.0 Å².